The van der Waals surface area contributed by atoms with Gasteiger partial charge in [-0.05, 0) is 31.0 Å². The fraction of sp³-hybridized carbons (Fsp3) is 0.467. The lowest BCUT2D eigenvalue weighted by Gasteiger charge is -2.30. The summed E-state index contributed by atoms with van der Waals surface area (Å²) in [5.41, 5.74) is 5.16. The predicted octanol–water partition coefficient (Wildman–Crippen LogP) is 4.15. The third kappa shape index (κ3) is 3.61. The molecule has 21 heavy (non-hydrogen) atoms. The number of carbonyl (C=O) groups is 1. The van der Waals surface area contributed by atoms with E-state index in [-0.39, 0.29) is 16.6 Å². The number of nitrogens with one attached hydrogen (secondary N) is 1. The van der Waals surface area contributed by atoms with Gasteiger partial charge in [0.05, 0.1) is 16.1 Å². The number of nitrogens with two attached hydrogens (primary N) is 1. The van der Waals surface area contributed by atoms with Crippen molar-refractivity contribution in [2.45, 2.75) is 38.5 Å². The first-order valence-electron chi connectivity index (χ1n) is 7.02. The van der Waals surface area contributed by atoms with Crippen LogP contribution >= 0.6 is 28.1 Å². The van der Waals surface area contributed by atoms with E-state index in [2.05, 4.69) is 21.2 Å². The molecule has 0 atom stereocenters. The number of carbonyl (C=O) groups excluding carboxylic acids is 1. The summed E-state index contributed by atoms with van der Waals surface area (Å²) in [6, 6.07) is 4.52. The summed E-state index contributed by atoms with van der Waals surface area (Å²) >= 11 is 8.34. The summed E-state index contributed by atoms with van der Waals surface area (Å²) in [5, 5.41) is 2.65. The minimum absolute atomic E-state index is 0.156. The molecule has 0 heterocycles. The van der Waals surface area contributed by atoms with Crippen LogP contribution in [-0.2, 0) is 4.79 Å². The molecule has 0 unspecified atom stereocenters. The first kappa shape index (κ1) is 16.4. The monoisotopic (exact) mass is 372 g/mol. The number of amides is 1. The van der Waals surface area contributed by atoms with E-state index in [4.69, 9.17) is 18.0 Å². The van der Waals surface area contributed by atoms with Crippen LogP contribution in [0.1, 0.15) is 38.5 Å². The molecule has 114 valence electrons. The SMILES string of the molecule is NC(=S)C1(C(=O)Nc2ccc(Br)cc2F)CCCCCC1. The Labute approximate surface area is 137 Å². The summed E-state index contributed by atoms with van der Waals surface area (Å²) < 4.78 is 14.5. The standard InChI is InChI=1S/C15H18BrFN2OS/c16-10-5-6-12(11(17)9-10)19-14(20)15(13(18)21)7-3-1-2-4-8-15/h5-6,9H,1-4,7-8H2,(H2,18,21)(H,19,20). The zero-order valence-corrected chi connectivity index (χ0v) is 14.0. The van der Waals surface area contributed by atoms with E-state index in [1.165, 1.54) is 12.1 Å². The Bertz CT molecular complexity index is 557. The van der Waals surface area contributed by atoms with Crippen LogP contribution in [0.5, 0.6) is 0 Å². The Hall–Kier alpha value is -1.01. The number of anilines is 1. The number of halogens is 2. The molecule has 1 saturated carbocycles. The molecule has 2 rings (SSSR count). The van der Waals surface area contributed by atoms with Crippen molar-refractivity contribution in [3.05, 3.63) is 28.5 Å². The minimum Gasteiger partial charge on any atom is -0.392 e. The van der Waals surface area contributed by atoms with Gasteiger partial charge in [-0.2, -0.15) is 0 Å². The van der Waals surface area contributed by atoms with Gasteiger partial charge in [-0.3, -0.25) is 4.79 Å². The van der Waals surface area contributed by atoms with Crippen LogP contribution in [0.2, 0.25) is 0 Å². The van der Waals surface area contributed by atoms with Crippen molar-refractivity contribution >= 4 is 44.7 Å². The number of thiocarbonyl (C=S) groups is 1. The van der Waals surface area contributed by atoms with Crippen molar-refractivity contribution in [1.82, 2.24) is 0 Å². The van der Waals surface area contributed by atoms with E-state index < -0.39 is 11.2 Å². The Morgan fingerprint density at radius 2 is 1.90 bits per heavy atom. The van der Waals surface area contributed by atoms with Crippen LogP contribution < -0.4 is 11.1 Å². The van der Waals surface area contributed by atoms with Crippen LogP contribution in [0.4, 0.5) is 10.1 Å². The van der Waals surface area contributed by atoms with Crippen molar-refractivity contribution in [1.29, 1.82) is 0 Å². The molecule has 1 aliphatic carbocycles. The Kier molecular flexibility index (Phi) is 5.32. The quantitative estimate of drug-likeness (QED) is 0.618. The lowest BCUT2D eigenvalue weighted by molar-refractivity contribution is -0.122. The van der Waals surface area contributed by atoms with E-state index in [0.29, 0.717) is 17.3 Å². The Balaban J connectivity index is 2.24. The summed E-state index contributed by atoms with van der Waals surface area (Å²) in [5.74, 6) is -0.775. The molecule has 0 radical (unpaired) electrons. The van der Waals surface area contributed by atoms with Gasteiger partial charge in [-0.15, -0.1) is 0 Å². The predicted molar refractivity (Wildman–Crippen MR) is 89.7 cm³/mol. The second kappa shape index (κ2) is 6.83. The Morgan fingerprint density at radius 1 is 1.29 bits per heavy atom. The molecule has 0 aromatic heterocycles. The van der Waals surface area contributed by atoms with Crippen LogP contribution in [0.15, 0.2) is 22.7 Å². The largest absolute Gasteiger partial charge is 0.392 e. The molecule has 3 N–H and O–H groups in total. The molecular weight excluding hydrogens is 355 g/mol. The van der Waals surface area contributed by atoms with E-state index in [0.717, 1.165) is 25.7 Å². The molecule has 0 spiro atoms. The van der Waals surface area contributed by atoms with Crippen LogP contribution in [0.25, 0.3) is 0 Å². The lowest BCUT2D eigenvalue weighted by Crippen LogP contribution is -2.45. The van der Waals surface area contributed by atoms with Crippen molar-refractivity contribution < 1.29 is 9.18 Å². The maximum atomic E-state index is 13.9. The van der Waals surface area contributed by atoms with E-state index in [1.807, 2.05) is 0 Å². The van der Waals surface area contributed by atoms with E-state index in [1.54, 1.807) is 6.07 Å². The average molecular weight is 373 g/mol. The number of hydrogen-bond donors (Lipinski definition) is 2. The van der Waals surface area contributed by atoms with Gasteiger partial charge in [0.1, 0.15) is 5.82 Å². The molecule has 6 heteroatoms. The van der Waals surface area contributed by atoms with Gasteiger partial charge in [0.15, 0.2) is 0 Å². The zero-order chi connectivity index (χ0) is 15.5. The molecule has 1 amide bonds. The Morgan fingerprint density at radius 3 is 2.43 bits per heavy atom. The molecule has 1 fully saturated rings. The highest BCUT2D eigenvalue weighted by molar-refractivity contribution is 9.10. The van der Waals surface area contributed by atoms with Crippen molar-refractivity contribution in [2.75, 3.05) is 5.32 Å². The smallest absolute Gasteiger partial charge is 0.237 e. The normalized spacial score (nSPS) is 17.8. The third-order valence-corrected chi connectivity index (χ3v) is 4.93. The first-order chi connectivity index (χ1) is 9.95. The highest BCUT2D eigenvalue weighted by Crippen LogP contribution is 2.37. The molecule has 0 aliphatic heterocycles. The van der Waals surface area contributed by atoms with E-state index in [9.17, 15) is 9.18 Å². The van der Waals surface area contributed by atoms with Crippen molar-refractivity contribution in [3.8, 4) is 0 Å². The number of rotatable bonds is 3. The van der Waals surface area contributed by atoms with Gasteiger partial charge in [-0.25, -0.2) is 4.39 Å². The molecule has 1 aromatic rings. The highest BCUT2D eigenvalue weighted by Gasteiger charge is 2.41. The minimum atomic E-state index is -0.856. The topological polar surface area (TPSA) is 55.1 Å². The van der Waals surface area contributed by atoms with Crippen LogP contribution in [-0.4, -0.2) is 10.9 Å². The maximum absolute atomic E-state index is 13.9. The molecular formula is C15H18BrFN2OS. The summed E-state index contributed by atoms with van der Waals surface area (Å²) in [6.07, 6.45) is 5.23. The van der Waals surface area contributed by atoms with Gasteiger partial charge >= 0.3 is 0 Å². The summed E-state index contributed by atoms with van der Waals surface area (Å²) in [7, 11) is 0. The molecule has 0 saturated heterocycles. The highest BCUT2D eigenvalue weighted by atomic mass is 79.9. The van der Waals surface area contributed by atoms with E-state index >= 15 is 0 Å². The number of benzene rings is 1. The zero-order valence-electron chi connectivity index (χ0n) is 11.6. The second-order valence-corrected chi connectivity index (χ2v) is 6.79. The summed E-state index contributed by atoms with van der Waals surface area (Å²) in [4.78, 5) is 12.9. The average Bonchev–Trinajstić information content (AvgIpc) is 2.68. The van der Waals surface area contributed by atoms with Crippen molar-refractivity contribution in [2.24, 2.45) is 11.1 Å². The fourth-order valence-electron chi connectivity index (χ4n) is 2.75. The van der Waals surface area contributed by atoms with Crippen molar-refractivity contribution in [3.63, 3.8) is 0 Å². The van der Waals surface area contributed by atoms with Crippen LogP contribution in [0.3, 0.4) is 0 Å². The molecule has 3 nitrogen and oxygen atoms in total. The molecule has 1 aliphatic rings. The fourth-order valence-corrected chi connectivity index (χ4v) is 3.38. The maximum Gasteiger partial charge on any atom is 0.237 e. The molecule has 0 bridgehead atoms. The third-order valence-electron chi connectivity index (χ3n) is 4.04. The second-order valence-electron chi connectivity index (χ2n) is 5.44. The van der Waals surface area contributed by atoms with Gasteiger partial charge < -0.3 is 11.1 Å². The van der Waals surface area contributed by atoms with Crippen LogP contribution in [0, 0.1) is 11.2 Å². The lowest BCUT2D eigenvalue weighted by atomic mass is 9.79. The number of hydrogen-bond acceptors (Lipinski definition) is 2. The first-order valence-corrected chi connectivity index (χ1v) is 8.22. The van der Waals surface area contributed by atoms with Gasteiger partial charge in [0, 0.05) is 4.47 Å². The van der Waals surface area contributed by atoms with Gasteiger partial charge in [-0.1, -0.05) is 53.8 Å². The summed E-state index contributed by atoms with van der Waals surface area (Å²) in [6.45, 7) is 0. The van der Waals surface area contributed by atoms with Gasteiger partial charge in [0.2, 0.25) is 5.91 Å². The van der Waals surface area contributed by atoms with Gasteiger partial charge in [0.25, 0.3) is 0 Å². The molecule has 1 aromatic carbocycles.